The van der Waals surface area contributed by atoms with Crippen LogP contribution in [0.4, 0.5) is 16.2 Å². The van der Waals surface area contributed by atoms with Gasteiger partial charge >= 0.3 is 0 Å². The molecule has 1 aliphatic rings. The van der Waals surface area contributed by atoms with E-state index < -0.39 is 0 Å². The molecule has 4 aromatic rings. The smallest absolute Gasteiger partial charge is 0.228 e. The lowest BCUT2D eigenvalue weighted by Crippen LogP contribution is -2.47. The van der Waals surface area contributed by atoms with Gasteiger partial charge in [0, 0.05) is 75.7 Å². The minimum absolute atomic E-state index is 0.131. The van der Waals surface area contributed by atoms with Gasteiger partial charge in [0.15, 0.2) is 5.82 Å². The number of rotatable bonds is 6. The molecule has 4 heterocycles. The Morgan fingerprint density at radius 1 is 1.11 bits per heavy atom. The second kappa shape index (κ2) is 10.2. The van der Waals surface area contributed by atoms with Crippen LogP contribution in [0.2, 0.25) is 0 Å². The SMILES string of the molecule is CC(=O)N1CCN(Cc2ccc(Nc3nccc(-c4cc(F)c5nn(C)c(C(C)C)c5c4)n3)nc2)CC1. The monoisotopic (exact) mass is 502 g/mol. The van der Waals surface area contributed by atoms with E-state index >= 15 is 0 Å². The first-order chi connectivity index (χ1) is 17.8. The van der Waals surface area contributed by atoms with Crippen molar-refractivity contribution < 1.29 is 9.18 Å². The molecule has 9 nitrogen and oxygen atoms in total. The van der Waals surface area contributed by atoms with E-state index in [0.717, 1.165) is 49.4 Å². The van der Waals surface area contributed by atoms with Gasteiger partial charge in [-0.25, -0.2) is 19.3 Å². The quantitative estimate of drug-likeness (QED) is 0.424. The summed E-state index contributed by atoms with van der Waals surface area (Å²) in [7, 11) is 1.84. The highest BCUT2D eigenvalue weighted by atomic mass is 19.1. The Labute approximate surface area is 215 Å². The van der Waals surface area contributed by atoms with Gasteiger partial charge in [0.25, 0.3) is 0 Å². The predicted molar refractivity (Wildman–Crippen MR) is 141 cm³/mol. The van der Waals surface area contributed by atoms with E-state index in [1.165, 1.54) is 6.07 Å². The zero-order valence-corrected chi connectivity index (χ0v) is 21.6. The van der Waals surface area contributed by atoms with Gasteiger partial charge in [-0.05, 0) is 35.7 Å². The Morgan fingerprint density at radius 2 is 1.89 bits per heavy atom. The molecule has 0 atom stereocenters. The van der Waals surface area contributed by atoms with Crippen LogP contribution in [0.3, 0.4) is 0 Å². The minimum Gasteiger partial charge on any atom is -0.340 e. The van der Waals surface area contributed by atoms with Crippen LogP contribution in [0, 0.1) is 5.82 Å². The molecular weight excluding hydrogens is 471 g/mol. The number of pyridine rings is 1. The summed E-state index contributed by atoms with van der Waals surface area (Å²) in [4.78, 5) is 29.2. The maximum Gasteiger partial charge on any atom is 0.228 e. The van der Waals surface area contributed by atoms with Crippen molar-refractivity contribution in [3.63, 3.8) is 0 Å². The highest BCUT2D eigenvalue weighted by molar-refractivity contribution is 5.87. The lowest BCUT2D eigenvalue weighted by atomic mass is 10.0. The average molecular weight is 503 g/mol. The van der Waals surface area contributed by atoms with Gasteiger partial charge in [0.2, 0.25) is 11.9 Å². The second-order valence-corrected chi connectivity index (χ2v) is 9.74. The molecule has 5 rings (SSSR count). The number of fused-ring (bicyclic) bond motifs is 1. The number of anilines is 2. The Hall–Kier alpha value is -3.92. The van der Waals surface area contributed by atoms with Crippen LogP contribution in [0.5, 0.6) is 0 Å². The maximum absolute atomic E-state index is 14.9. The van der Waals surface area contributed by atoms with Gasteiger partial charge in [-0.2, -0.15) is 5.10 Å². The zero-order valence-electron chi connectivity index (χ0n) is 21.6. The van der Waals surface area contributed by atoms with Crippen molar-refractivity contribution in [1.29, 1.82) is 0 Å². The van der Waals surface area contributed by atoms with Gasteiger partial charge < -0.3 is 10.2 Å². The van der Waals surface area contributed by atoms with Gasteiger partial charge in [0.05, 0.1) is 5.69 Å². The first-order valence-corrected chi connectivity index (χ1v) is 12.5. The molecule has 0 aliphatic carbocycles. The van der Waals surface area contributed by atoms with Gasteiger partial charge in [-0.3, -0.25) is 14.4 Å². The number of nitrogens with one attached hydrogen (secondary N) is 1. The molecule has 10 heteroatoms. The van der Waals surface area contributed by atoms with E-state index in [2.05, 4.69) is 44.1 Å². The fourth-order valence-corrected chi connectivity index (χ4v) is 4.87. The molecule has 3 aromatic heterocycles. The number of amides is 1. The van der Waals surface area contributed by atoms with Gasteiger partial charge in [-0.15, -0.1) is 0 Å². The summed E-state index contributed by atoms with van der Waals surface area (Å²) in [5, 5.41) is 8.31. The third kappa shape index (κ3) is 5.29. The largest absolute Gasteiger partial charge is 0.340 e. The highest BCUT2D eigenvalue weighted by Crippen LogP contribution is 2.31. The maximum atomic E-state index is 14.9. The van der Waals surface area contributed by atoms with Crippen LogP contribution in [-0.4, -0.2) is 66.6 Å². The summed E-state index contributed by atoms with van der Waals surface area (Å²) in [5.41, 5.74) is 3.72. The standard InChI is InChI=1S/C27H31FN8O/c1-17(2)26-21-13-20(14-22(28)25(21)33-34(26)4)23-7-8-29-27(31-23)32-24-6-5-19(15-30-24)16-35-9-11-36(12-10-35)18(3)37/h5-8,13-15,17H,9-12,16H2,1-4H3,(H,29,30,31,32). The summed E-state index contributed by atoms with van der Waals surface area (Å²) >= 11 is 0. The molecule has 0 spiro atoms. The molecule has 0 saturated carbocycles. The second-order valence-electron chi connectivity index (χ2n) is 9.74. The van der Waals surface area contributed by atoms with Gasteiger partial charge in [0.1, 0.15) is 11.3 Å². The summed E-state index contributed by atoms with van der Waals surface area (Å²) < 4.78 is 16.7. The van der Waals surface area contributed by atoms with E-state index in [1.807, 2.05) is 36.3 Å². The molecule has 0 unspecified atom stereocenters. The van der Waals surface area contributed by atoms with Crippen LogP contribution in [0.1, 0.15) is 37.9 Å². The lowest BCUT2D eigenvalue weighted by Gasteiger charge is -2.34. The Balaban J connectivity index is 1.30. The molecule has 1 N–H and O–H groups in total. The van der Waals surface area contributed by atoms with Crippen LogP contribution in [0.15, 0.2) is 42.7 Å². The fourth-order valence-electron chi connectivity index (χ4n) is 4.87. The van der Waals surface area contributed by atoms with E-state index in [-0.39, 0.29) is 17.6 Å². The fraction of sp³-hybridized carbons (Fsp3) is 0.370. The van der Waals surface area contributed by atoms with Crippen molar-refractivity contribution in [3.05, 3.63) is 59.8 Å². The molecule has 1 saturated heterocycles. The minimum atomic E-state index is -0.372. The molecule has 192 valence electrons. The van der Waals surface area contributed by atoms with Crippen LogP contribution in [-0.2, 0) is 18.4 Å². The zero-order chi connectivity index (χ0) is 26.1. The molecule has 37 heavy (non-hydrogen) atoms. The first-order valence-electron chi connectivity index (χ1n) is 12.5. The summed E-state index contributed by atoms with van der Waals surface area (Å²) in [5.74, 6) is 0.966. The molecule has 0 radical (unpaired) electrons. The molecule has 1 aliphatic heterocycles. The Kier molecular flexibility index (Phi) is 6.84. The Morgan fingerprint density at radius 3 is 2.57 bits per heavy atom. The topological polar surface area (TPSA) is 92.1 Å². The predicted octanol–water partition coefficient (Wildman–Crippen LogP) is 4.10. The number of nitrogens with zero attached hydrogens (tertiary/aromatic N) is 7. The molecule has 1 fully saturated rings. The van der Waals surface area contributed by atoms with Crippen molar-refractivity contribution in [1.82, 2.24) is 34.5 Å². The number of carbonyl (C=O) groups excluding carboxylic acids is 1. The number of aromatic nitrogens is 5. The first kappa shape index (κ1) is 24.8. The van der Waals surface area contributed by atoms with Crippen molar-refractivity contribution in [2.75, 3.05) is 31.5 Å². The number of hydrogen-bond acceptors (Lipinski definition) is 7. The molecule has 0 bridgehead atoms. The van der Waals surface area contributed by atoms with Crippen molar-refractivity contribution in [2.45, 2.75) is 33.2 Å². The third-order valence-electron chi connectivity index (χ3n) is 6.72. The van der Waals surface area contributed by atoms with Crippen molar-refractivity contribution in [3.8, 4) is 11.3 Å². The third-order valence-corrected chi connectivity index (χ3v) is 6.72. The number of hydrogen-bond donors (Lipinski definition) is 1. The van der Waals surface area contributed by atoms with E-state index in [1.54, 1.807) is 23.9 Å². The Bertz CT molecular complexity index is 1420. The van der Waals surface area contributed by atoms with Crippen LogP contribution < -0.4 is 5.32 Å². The number of aryl methyl sites for hydroxylation is 1. The van der Waals surface area contributed by atoms with Crippen LogP contribution >= 0.6 is 0 Å². The number of carbonyl (C=O) groups is 1. The van der Waals surface area contributed by atoms with Crippen molar-refractivity contribution >= 4 is 28.6 Å². The van der Waals surface area contributed by atoms with E-state index in [9.17, 15) is 9.18 Å². The van der Waals surface area contributed by atoms with E-state index in [4.69, 9.17) is 0 Å². The summed E-state index contributed by atoms with van der Waals surface area (Å²) in [6, 6.07) is 9.09. The lowest BCUT2D eigenvalue weighted by molar-refractivity contribution is -0.130. The van der Waals surface area contributed by atoms with Crippen molar-refractivity contribution in [2.24, 2.45) is 7.05 Å². The highest BCUT2D eigenvalue weighted by Gasteiger charge is 2.19. The van der Waals surface area contributed by atoms with Crippen LogP contribution in [0.25, 0.3) is 22.2 Å². The molecule has 1 amide bonds. The molecular formula is C27H31FN8O. The summed E-state index contributed by atoms with van der Waals surface area (Å²) in [6.45, 7) is 9.76. The normalized spacial score (nSPS) is 14.5. The molecule has 1 aromatic carbocycles. The van der Waals surface area contributed by atoms with Gasteiger partial charge in [-0.1, -0.05) is 19.9 Å². The summed E-state index contributed by atoms with van der Waals surface area (Å²) in [6.07, 6.45) is 3.48. The number of piperazine rings is 1. The van der Waals surface area contributed by atoms with E-state index in [0.29, 0.717) is 28.5 Å². The average Bonchev–Trinajstić information content (AvgIpc) is 3.22. The number of benzene rings is 1. The number of halogens is 1.